The Kier molecular flexibility index (Phi) is 4.11. The molecule has 2 aliphatic heterocycles. The van der Waals surface area contributed by atoms with E-state index in [4.69, 9.17) is 0 Å². The highest BCUT2D eigenvalue weighted by Gasteiger charge is 2.21. The number of hydrogen-bond donors (Lipinski definition) is 0. The highest BCUT2D eigenvalue weighted by molar-refractivity contribution is 5.96. The molecule has 0 spiro atoms. The van der Waals surface area contributed by atoms with Crippen molar-refractivity contribution in [2.75, 3.05) is 0 Å². The Morgan fingerprint density at radius 2 is 1.89 bits per heavy atom. The van der Waals surface area contributed by atoms with Crippen molar-refractivity contribution in [1.82, 2.24) is 0 Å². The molecule has 2 rings (SSSR count). The van der Waals surface area contributed by atoms with Crippen LogP contribution >= 0.6 is 0 Å². The van der Waals surface area contributed by atoms with Gasteiger partial charge in [-0.3, -0.25) is 9.59 Å². The number of carbonyl (C=O) groups excluding carboxylic acids is 2. The molecule has 8 nitrogen and oxygen atoms in total. The summed E-state index contributed by atoms with van der Waals surface area (Å²) in [6.07, 6.45) is 4.68. The third kappa shape index (κ3) is 3.30. The predicted octanol–water partition coefficient (Wildman–Crippen LogP) is 3.06. The van der Waals surface area contributed by atoms with Crippen LogP contribution in [0.2, 0.25) is 0 Å². The molecule has 98 valence electrons. The van der Waals surface area contributed by atoms with Gasteiger partial charge in [-0.2, -0.15) is 0 Å². The van der Waals surface area contributed by atoms with Crippen LogP contribution in [0.3, 0.4) is 0 Å². The quantitative estimate of drug-likeness (QED) is 0.540. The smallest absolute Gasteiger partial charge is 0.266 e. The van der Waals surface area contributed by atoms with Crippen molar-refractivity contribution in [3.8, 4) is 0 Å². The Morgan fingerprint density at radius 3 is 2.58 bits per heavy atom. The van der Waals surface area contributed by atoms with Gasteiger partial charge in [-0.1, -0.05) is 19.8 Å². The van der Waals surface area contributed by atoms with Crippen LogP contribution in [-0.4, -0.2) is 11.8 Å². The maximum atomic E-state index is 11.5. The van der Waals surface area contributed by atoms with Gasteiger partial charge in [0.25, 0.3) is 11.8 Å². The zero-order valence-electron chi connectivity index (χ0n) is 10.4. The third-order valence-corrected chi connectivity index (χ3v) is 2.54. The monoisotopic (exact) mass is 260 g/mol. The van der Waals surface area contributed by atoms with E-state index >= 15 is 0 Å². The minimum absolute atomic E-state index is 0.0972. The van der Waals surface area contributed by atoms with Gasteiger partial charge in [0, 0.05) is 0 Å². The van der Waals surface area contributed by atoms with Crippen molar-refractivity contribution in [2.24, 2.45) is 30.7 Å². The second-order valence-electron chi connectivity index (χ2n) is 4.01. The molecule has 8 heteroatoms. The molecule has 0 N–H and O–H groups in total. The number of unbranched alkanes of at least 4 members (excludes halogenated alkanes) is 2. The molecule has 0 unspecified atom stereocenters. The van der Waals surface area contributed by atoms with E-state index in [0.717, 1.165) is 25.3 Å². The molecule has 19 heavy (non-hydrogen) atoms. The maximum Gasteiger partial charge on any atom is 0.295 e. The molecule has 0 aromatic carbocycles. The fourth-order valence-corrected chi connectivity index (χ4v) is 1.58. The molecule has 0 saturated heterocycles. The van der Waals surface area contributed by atoms with Gasteiger partial charge in [0.2, 0.25) is 11.6 Å². The molecule has 2 amide bonds. The zero-order chi connectivity index (χ0) is 13.7. The van der Waals surface area contributed by atoms with Crippen LogP contribution in [0.25, 0.3) is 0 Å². The van der Waals surface area contributed by atoms with Crippen LogP contribution in [0.4, 0.5) is 0 Å². The summed E-state index contributed by atoms with van der Waals surface area (Å²) in [4.78, 5) is 22.3. The van der Waals surface area contributed by atoms with Gasteiger partial charge in [-0.05, 0) is 12.8 Å². The first-order valence-corrected chi connectivity index (χ1v) is 5.99. The average molecular weight is 260 g/mol. The summed E-state index contributed by atoms with van der Waals surface area (Å²) < 4.78 is 0. The lowest BCUT2D eigenvalue weighted by Gasteiger charge is -1.98. The summed E-state index contributed by atoms with van der Waals surface area (Å²) in [7, 11) is 0. The first-order valence-electron chi connectivity index (χ1n) is 5.99. The fourth-order valence-electron chi connectivity index (χ4n) is 1.58. The molecular weight excluding hydrogens is 248 g/mol. The number of nitrogens with zero attached hydrogens (tertiary/aromatic N) is 6. The van der Waals surface area contributed by atoms with Crippen molar-refractivity contribution in [3.63, 3.8) is 0 Å². The van der Waals surface area contributed by atoms with Gasteiger partial charge in [-0.15, -0.1) is 30.7 Å². The summed E-state index contributed by atoms with van der Waals surface area (Å²) in [6, 6.07) is 0. The van der Waals surface area contributed by atoms with Gasteiger partial charge in [0.1, 0.15) is 0 Å². The predicted molar refractivity (Wildman–Crippen MR) is 63.8 cm³/mol. The Balaban J connectivity index is 2.07. The summed E-state index contributed by atoms with van der Waals surface area (Å²) in [5.41, 5.74) is 0.457. The number of hydrogen-bond acceptors (Lipinski definition) is 6. The molecule has 0 radical (unpaired) electrons. The highest BCUT2D eigenvalue weighted by atomic mass is 16.2. The van der Waals surface area contributed by atoms with Gasteiger partial charge in [0.05, 0.1) is 11.6 Å². The van der Waals surface area contributed by atoms with E-state index in [1.54, 1.807) is 0 Å². The summed E-state index contributed by atoms with van der Waals surface area (Å²) in [6.45, 7) is 2.08. The first kappa shape index (κ1) is 13.1. The molecule has 0 aromatic rings. The van der Waals surface area contributed by atoms with Gasteiger partial charge in [-0.25, -0.2) is 0 Å². The Bertz CT molecular complexity index is 556. The number of amides is 2. The van der Waals surface area contributed by atoms with Crippen molar-refractivity contribution in [1.29, 1.82) is 0 Å². The normalized spacial score (nSPS) is 18.3. The molecule has 0 bridgehead atoms. The SMILES string of the molecule is CCCCCC1=C(N=NC2=CC(=O)N=N2)N=NC1=O. The molecule has 0 saturated carbocycles. The lowest BCUT2D eigenvalue weighted by atomic mass is 10.1. The number of rotatable bonds is 6. The Morgan fingerprint density at radius 1 is 1.05 bits per heavy atom. The number of azo groups is 3. The summed E-state index contributed by atoms with van der Waals surface area (Å²) >= 11 is 0. The molecule has 0 aliphatic carbocycles. The van der Waals surface area contributed by atoms with Crippen LogP contribution in [0.5, 0.6) is 0 Å². The standard InChI is InChI=1S/C11H12N6O2/c1-2-3-4-5-7-10(16-17-11(7)19)15-13-8-6-9(18)14-12-8/h6H,2-5H2,1H3. The van der Waals surface area contributed by atoms with E-state index < -0.39 is 5.91 Å². The Labute approximate surface area is 109 Å². The van der Waals surface area contributed by atoms with Crippen LogP contribution in [0.15, 0.2) is 54.0 Å². The van der Waals surface area contributed by atoms with Crippen LogP contribution in [0, 0.1) is 0 Å². The molecule has 2 heterocycles. The van der Waals surface area contributed by atoms with E-state index in [1.165, 1.54) is 0 Å². The van der Waals surface area contributed by atoms with Crippen molar-refractivity contribution >= 4 is 11.8 Å². The van der Waals surface area contributed by atoms with E-state index in [-0.39, 0.29) is 17.5 Å². The van der Waals surface area contributed by atoms with E-state index in [1.807, 2.05) is 0 Å². The van der Waals surface area contributed by atoms with Gasteiger partial charge in [0.15, 0.2) is 0 Å². The van der Waals surface area contributed by atoms with Crippen molar-refractivity contribution in [3.05, 3.63) is 23.3 Å². The van der Waals surface area contributed by atoms with Crippen LogP contribution in [0.1, 0.15) is 32.6 Å². The third-order valence-electron chi connectivity index (χ3n) is 2.54. The van der Waals surface area contributed by atoms with Crippen molar-refractivity contribution in [2.45, 2.75) is 32.6 Å². The summed E-state index contributed by atoms with van der Waals surface area (Å²) in [5, 5.41) is 21.4. The van der Waals surface area contributed by atoms with Gasteiger partial charge >= 0.3 is 0 Å². The van der Waals surface area contributed by atoms with Crippen LogP contribution in [-0.2, 0) is 9.59 Å². The lowest BCUT2D eigenvalue weighted by molar-refractivity contribution is -0.115. The highest BCUT2D eigenvalue weighted by Crippen LogP contribution is 2.24. The Hall–Kier alpha value is -2.38. The second-order valence-corrected chi connectivity index (χ2v) is 4.01. The van der Waals surface area contributed by atoms with E-state index in [0.29, 0.717) is 12.0 Å². The van der Waals surface area contributed by atoms with Crippen LogP contribution < -0.4 is 0 Å². The molecular formula is C11H12N6O2. The molecule has 0 aromatic heterocycles. The molecule has 0 atom stereocenters. The minimum atomic E-state index is -0.477. The summed E-state index contributed by atoms with van der Waals surface area (Å²) in [5.74, 6) is -0.560. The largest absolute Gasteiger partial charge is 0.295 e. The molecule has 2 aliphatic rings. The average Bonchev–Trinajstić information content (AvgIpc) is 2.95. The topological polar surface area (TPSA) is 108 Å². The van der Waals surface area contributed by atoms with Crippen molar-refractivity contribution < 1.29 is 9.59 Å². The van der Waals surface area contributed by atoms with E-state index in [2.05, 4.69) is 37.6 Å². The van der Waals surface area contributed by atoms with Gasteiger partial charge < -0.3 is 0 Å². The lowest BCUT2D eigenvalue weighted by Crippen LogP contribution is -1.96. The minimum Gasteiger partial charge on any atom is -0.266 e. The van der Waals surface area contributed by atoms with E-state index in [9.17, 15) is 9.59 Å². The maximum absolute atomic E-state index is 11.5. The zero-order valence-corrected chi connectivity index (χ0v) is 10.4. The first-order chi connectivity index (χ1) is 9.20. The molecule has 0 fully saturated rings. The second kappa shape index (κ2) is 5.98. The number of carbonyl (C=O) groups is 2. The fraction of sp³-hybridized carbons (Fsp3) is 0.455.